The normalized spacial score (nSPS) is 32.6. The van der Waals surface area contributed by atoms with Gasteiger partial charge < -0.3 is 5.32 Å². The van der Waals surface area contributed by atoms with Crippen molar-refractivity contribution in [1.82, 2.24) is 5.32 Å². The summed E-state index contributed by atoms with van der Waals surface area (Å²) in [6.07, 6.45) is 5.54. The van der Waals surface area contributed by atoms with Gasteiger partial charge in [0.05, 0.1) is 4.88 Å². The molecule has 1 N–H and O–H groups in total. The zero-order chi connectivity index (χ0) is 11.8. The van der Waals surface area contributed by atoms with Gasteiger partial charge in [-0.2, -0.15) is 0 Å². The number of carbonyl (C=O) groups is 1. The quantitative estimate of drug-likeness (QED) is 0.875. The molecular formula is C14H19NOS. The number of carbonyl (C=O) groups excluding carboxylic acids is 1. The minimum absolute atomic E-state index is 0.107. The molecule has 2 aliphatic rings. The van der Waals surface area contributed by atoms with E-state index in [1.807, 2.05) is 17.5 Å². The molecule has 2 fully saturated rings. The van der Waals surface area contributed by atoms with Gasteiger partial charge in [-0.1, -0.05) is 12.5 Å². The minimum Gasteiger partial charge on any atom is -0.349 e. The Morgan fingerprint density at radius 3 is 2.94 bits per heavy atom. The Hall–Kier alpha value is -0.830. The van der Waals surface area contributed by atoms with Crippen molar-refractivity contribution >= 4 is 17.2 Å². The smallest absolute Gasteiger partial charge is 0.261 e. The van der Waals surface area contributed by atoms with E-state index in [9.17, 15) is 4.79 Å². The molecule has 1 heterocycles. The maximum Gasteiger partial charge on any atom is 0.261 e. The van der Waals surface area contributed by atoms with Crippen LogP contribution in [0.1, 0.15) is 42.3 Å². The van der Waals surface area contributed by atoms with Gasteiger partial charge in [0.1, 0.15) is 0 Å². The van der Waals surface area contributed by atoms with E-state index in [-0.39, 0.29) is 5.91 Å². The van der Waals surface area contributed by atoms with Crippen LogP contribution in [0.4, 0.5) is 0 Å². The summed E-state index contributed by atoms with van der Waals surface area (Å²) in [5.41, 5.74) is 0. The molecule has 2 aliphatic carbocycles. The van der Waals surface area contributed by atoms with Gasteiger partial charge >= 0.3 is 0 Å². The fourth-order valence-electron chi connectivity index (χ4n) is 3.70. The van der Waals surface area contributed by atoms with E-state index in [1.165, 1.54) is 37.0 Å². The molecule has 2 nitrogen and oxygen atoms in total. The molecule has 0 aromatic carbocycles. The Morgan fingerprint density at radius 2 is 2.35 bits per heavy atom. The Bertz CT molecular complexity index is 400. The van der Waals surface area contributed by atoms with Gasteiger partial charge in [-0.05, 0) is 55.4 Å². The van der Waals surface area contributed by atoms with E-state index >= 15 is 0 Å². The highest BCUT2D eigenvalue weighted by atomic mass is 32.1. The first-order valence-electron chi connectivity index (χ1n) is 6.58. The number of fused-ring (bicyclic) bond motifs is 2. The van der Waals surface area contributed by atoms with Gasteiger partial charge in [-0.3, -0.25) is 4.79 Å². The van der Waals surface area contributed by atoms with Crippen molar-refractivity contribution in [2.75, 3.05) is 0 Å². The first kappa shape index (κ1) is 11.3. The Morgan fingerprint density at radius 1 is 1.47 bits per heavy atom. The fourth-order valence-corrected chi connectivity index (χ4v) is 4.33. The van der Waals surface area contributed by atoms with Crippen LogP contribution in [0.2, 0.25) is 0 Å². The van der Waals surface area contributed by atoms with Crippen LogP contribution in [-0.2, 0) is 0 Å². The van der Waals surface area contributed by atoms with Crippen molar-refractivity contribution in [2.45, 2.75) is 38.6 Å². The summed E-state index contributed by atoms with van der Waals surface area (Å²) in [5.74, 6) is 2.65. The van der Waals surface area contributed by atoms with Gasteiger partial charge in [-0.25, -0.2) is 0 Å². The third kappa shape index (κ3) is 2.13. The summed E-state index contributed by atoms with van der Waals surface area (Å²) in [7, 11) is 0. The van der Waals surface area contributed by atoms with Crippen LogP contribution in [-0.4, -0.2) is 11.9 Å². The number of hydrogen-bond donors (Lipinski definition) is 1. The summed E-state index contributed by atoms with van der Waals surface area (Å²) in [6.45, 7) is 2.18. The predicted octanol–water partition coefficient (Wildman–Crippen LogP) is 3.30. The monoisotopic (exact) mass is 249 g/mol. The first-order valence-corrected chi connectivity index (χ1v) is 7.46. The molecular weight excluding hydrogens is 230 g/mol. The zero-order valence-corrected chi connectivity index (χ0v) is 11.0. The summed E-state index contributed by atoms with van der Waals surface area (Å²) in [5, 5.41) is 5.14. The molecule has 92 valence electrons. The molecule has 0 saturated heterocycles. The van der Waals surface area contributed by atoms with Crippen molar-refractivity contribution in [2.24, 2.45) is 17.8 Å². The average Bonchev–Trinajstić information content (AvgIpc) is 3.05. The zero-order valence-electron chi connectivity index (χ0n) is 10.2. The Balaban J connectivity index is 1.60. The lowest BCUT2D eigenvalue weighted by Crippen LogP contribution is -2.39. The van der Waals surface area contributed by atoms with Crippen molar-refractivity contribution in [3.63, 3.8) is 0 Å². The van der Waals surface area contributed by atoms with Crippen LogP contribution in [0.3, 0.4) is 0 Å². The molecule has 2 saturated carbocycles. The van der Waals surface area contributed by atoms with Crippen molar-refractivity contribution in [3.05, 3.63) is 22.4 Å². The lowest BCUT2D eigenvalue weighted by molar-refractivity contribution is 0.0919. The molecule has 3 rings (SSSR count). The molecule has 4 unspecified atom stereocenters. The second-order valence-corrected chi connectivity index (χ2v) is 6.53. The minimum atomic E-state index is 0.107. The van der Waals surface area contributed by atoms with Crippen LogP contribution >= 0.6 is 11.3 Å². The van der Waals surface area contributed by atoms with E-state index < -0.39 is 0 Å². The molecule has 0 aliphatic heterocycles. The molecule has 1 aromatic heterocycles. The Labute approximate surface area is 106 Å². The van der Waals surface area contributed by atoms with Crippen LogP contribution in [0.5, 0.6) is 0 Å². The molecule has 17 heavy (non-hydrogen) atoms. The van der Waals surface area contributed by atoms with Crippen LogP contribution in [0.25, 0.3) is 0 Å². The number of thiophene rings is 1. The SMILES string of the molecule is CC(NC(=O)c1cccs1)C1CC2CCC1C2. The topological polar surface area (TPSA) is 29.1 Å². The maximum absolute atomic E-state index is 12.0. The van der Waals surface area contributed by atoms with Gasteiger partial charge in [0.2, 0.25) is 0 Å². The Kier molecular flexibility index (Phi) is 2.95. The van der Waals surface area contributed by atoms with E-state index in [4.69, 9.17) is 0 Å². The first-order chi connectivity index (χ1) is 8.24. The third-order valence-electron chi connectivity index (χ3n) is 4.54. The number of nitrogens with one attached hydrogen (secondary N) is 1. The van der Waals surface area contributed by atoms with Crippen molar-refractivity contribution in [3.8, 4) is 0 Å². The molecule has 1 aromatic rings. The molecule has 4 atom stereocenters. The summed E-state index contributed by atoms with van der Waals surface area (Å²) in [4.78, 5) is 12.8. The second-order valence-electron chi connectivity index (χ2n) is 5.58. The highest BCUT2D eigenvalue weighted by molar-refractivity contribution is 7.12. The lowest BCUT2D eigenvalue weighted by Gasteiger charge is -2.28. The van der Waals surface area contributed by atoms with Gasteiger partial charge in [-0.15, -0.1) is 11.3 Å². The largest absolute Gasteiger partial charge is 0.349 e. The highest BCUT2D eigenvalue weighted by Gasteiger charge is 2.42. The number of hydrogen-bond acceptors (Lipinski definition) is 2. The summed E-state index contributed by atoms with van der Waals surface area (Å²) >= 11 is 1.52. The van der Waals surface area contributed by atoms with Crippen LogP contribution in [0, 0.1) is 17.8 Å². The molecule has 3 heteroatoms. The molecule has 0 spiro atoms. The number of amides is 1. The predicted molar refractivity (Wildman–Crippen MR) is 70.2 cm³/mol. The van der Waals surface area contributed by atoms with Gasteiger partial charge in [0.25, 0.3) is 5.91 Å². The molecule has 0 radical (unpaired) electrons. The summed E-state index contributed by atoms with van der Waals surface area (Å²) < 4.78 is 0. The van der Waals surface area contributed by atoms with Crippen molar-refractivity contribution < 1.29 is 4.79 Å². The van der Waals surface area contributed by atoms with Crippen LogP contribution in [0.15, 0.2) is 17.5 Å². The van der Waals surface area contributed by atoms with E-state index in [2.05, 4.69) is 12.2 Å². The van der Waals surface area contributed by atoms with E-state index in [0.717, 1.165) is 22.6 Å². The maximum atomic E-state index is 12.0. The third-order valence-corrected chi connectivity index (χ3v) is 5.41. The van der Waals surface area contributed by atoms with Gasteiger partial charge in [0.15, 0.2) is 0 Å². The second kappa shape index (κ2) is 4.45. The average molecular weight is 249 g/mol. The highest BCUT2D eigenvalue weighted by Crippen LogP contribution is 2.49. The standard InChI is InChI=1S/C14H19NOS/c1-9(12-8-10-4-5-11(12)7-10)15-14(16)13-3-2-6-17-13/h2-3,6,9-12H,4-5,7-8H2,1H3,(H,15,16). The lowest BCUT2D eigenvalue weighted by atomic mass is 9.84. The van der Waals surface area contributed by atoms with Crippen LogP contribution < -0.4 is 5.32 Å². The van der Waals surface area contributed by atoms with Gasteiger partial charge in [0, 0.05) is 6.04 Å². The molecule has 1 amide bonds. The summed E-state index contributed by atoms with van der Waals surface area (Å²) in [6, 6.07) is 4.16. The fraction of sp³-hybridized carbons (Fsp3) is 0.643. The number of rotatable bonds is 3. The molecule has 2 bridgehead atoms. The van der Waals surface area contributed by atoms with Crippen molar-refractivity contribution in [1.29, 1.82) is 0 Å². The van der Waals surface area contributed by atoms with E-state index in [1.54, 1.807) is 0 Å². The van der Waals surface area contributed by atoms with E-state index in [0.29, 0.717) is 6.04 Å².